The molecule has 0 aromatic heterocycles. The summed E-state index contributed by atoms with van der Waals surface area (Å²) >= 11 is 3.26. The summed E-state index contributed by atoms with van der Waals surface area (Å²) in [6.07, 6.45) is 0.349. The summed E-state index contributed by atoms with van der Waals surface area (Å²) < 4.78 is 0.603. The molecule has 0 spiro atoms. The Morgan fingerprint density at radius 3 is 2.68 bits per heavy atom. The molecule has 1 aromatic carbocycles. The number of anilines is 1. The highest BCUT2D eigenvalue weighted by Gasteiger charge is 2.09. The van der Waals surface area contributed by atoms with Gasteiger partial charge < -0.3 is 10.6 Å². The number of nitro groups is 1. The zero-order chi connectivity index (χ0) is 14.4. The Bertz CT molecular complexity index is 477. The van der Waals surface area contributed by atoms with Gasteiger partial charge >= 0.3 is 0 Å². The van der Waals surface area contributed by atoms with Crippen LogP contribution in [0, 0.1) is 10.1 Å². The second-order valence-corrected chi connectivity index (χ2v) is 5.17. The van der Waals surface area contributed by atoms with Crippen LogP contribution in [-0.2, 0) is 4.79 Å². The number of nitrogens with zero attached hydrogens (tertiary/aromatic N) is 1. The molecule has 6 nitrogen and oxygen atoms in total. The van der Waals surface area contributed by atoms with Crippen LogP contribution < -0.4 is 10.6 Å². The van der Waals surface area contributed by atoms with Gasteiger partial charge in [0, 0.05) is 41.3 Å². The first-order chi connectivity index (χ1) is 8.90. The van der Waals surface area contributed by atoms with Gasteiger partial charge in [0.1, 0.15) is 0 Å². The van der Waals surface area contributed by atoms with E-state index in [1.54, 1.807) is 6.07 Å². The van der Waals surface area contributed by atoms with Crippen LogP contribution in [0.5, 0.6) is 0 Å². The monoisotopic (exact) mass is 329 g/mol. The second kappa shape index (κ2) is 7.08. The van der Waals surface area contributed by atoms with Crippen molar-refractivity contribution in [2.24, 2.45) is 0 Å². The van der Waals surface area contributed by atoms with Crippen LogP contribution in [0.15, 0.2) is 22.7 Å². The minimum Gasteiger partial charge on any atom is -0.384 e. The van der Waals surface area contributed by atoms with Crippen molar-refractivity contribution < 1.29 is 9.72 Å². The number of halogens is 1. The van der Waals surface area contributed by atoms with Crippen molar-refractivity contribution >= 4 is 33.2 Å². The first-order valence-corrected chi connectivity index (χ1v) is 6.66. The fraction of sp³-hybridized carbons (Fsp3) is 0.417. The molecule has 0 saturated heterocycles. The van der Waals surface area contributed by atoms with Gasteiger partial charge in [-0.1, -0.05) is 0 Å². The number of nitrogens with one attached hydrogen (secondary N) is 2. The van der Waals surface area contributed by atoms with Crippen molar-refractivity contribution in [1.29, 1.82) is 0 Å². The molecule has 0 saturated carbocycles. The molecule has 0 bridgehead atoms. The molecule has 1 rings (SSSR count). The van der Waals surface area contributed by atoms with E-state index >= 15 is 0 Å². The van der Waals surface area contributed by atoms with Crippen molar-refractivity contribution in [3.63, 3.8) is 0 Å². The highest BCUT2D eigenvalue weighted by Crippen LogP contribution is 2.26. The van der Waals surface area contributed by atoms with E-state index in [9.17, 15) is 14.9 Å². The number of hydrogen-bond donors (Lipinski definition) is 2. The third-order valence-corrected chi connectivity index (χ3v) is 2.94. The highest BCUT2D eigenvalue weighted by molar-refractivity contribution is 9.10. The van der Waals surface area contributed by atoms with Crippen molar-refractivity contribution in [2.75, 3.05) is 11.9 Å². The van der Waals surface area contributed by atoms with E-state index in [2.05, 4.69) is 26.6 Å². The SMILES string of the molecule is CC(C)NC(=O)CCNc1ccc([N+](=O)[O-])cc1Br. The van der Waals surface area contributed by atoms with E-state index in [-0.39, 0.29) is 17.6 Å². The molecule has 7 heteroatoms. The highest BCUT2D eigenvalue weighted by atomic mass is 79.9. The normalized spacial score (nSPS) is 10.3. The molecule has 1 aromatic rings. The van der Waals surface area contributed by atoms with E-state index in [4.69, 9.17) is 0 Å². The molecule has 0 aliphatic rings. The van der Waals surface area contributed by atoms with Crippen LogP contribution in [0.1, 0.15) is 20.3 Å². The molecule has 0 radical (unpaired) electrons. The summed E-state index contributed by atoms with van der Waals surface area (Å²) in [6, 6.07) is 4.58. The number of hydrogen-bond acceptors (Lipinski definition) is 4. The quantitative estimate of drug-likeness (QED) is 0.620. The van der Waals surface area contributed by atoms with Crippen molar-refractivity contribution in [2.45, 2.75) is 26.3 Å². The number of rotatable bonds is 6. The third kappa shape index (κ3) is 5.25. The van der Waals surface area contributed by atoms with Crippen LogP contribution in [0.4, 0.5) is 11.4 Å². The van der Waals surface area contributed by atoms with Gasteiger partial charge in [-0.15, -0.1) is 0 Å². The number of amides is 1. The Labute approximate surface area is 119 Å². The molecule has 19 heavy (non-hydrogen) atoms. The van der Waals surface area contributed by atoms with Gasteiger partial charge in [-0.05, 0) is 35.8 Å². The van der Waals surface area contributed by atoms with Crippen LogP contribution >= 0.6 is 15.9 Å². The van der Waals surface area contributed by atoms with E-state index in [0.717, 1.165) is 5.69 Å². The molecule has 0 heterocycles. The lowest BCUT2D eigenvalue weighted by Crippen LogP contribution is -2.31. The second-order valence-electron chi connectivity index (χ2n) is 4.32. The van der Waals surface area contributed by atoms with E-state index in [1.807, 2.05) is 13.8 Å². The number of carbonyl (C=O) groups excluding carboxylic acids is 1. The molecular formula is C12H16BrN3O3. The maximum absolute atomic E-state index is 11.4. The topological polar surface area (TPSA) is 84.3 Å². The van der Waals surface area contributed by atoms with Gasteiger partial charge in [0.2, 0.25) is 5.91 Å². The summed E-state index contributed by atoms with van der Waals surface area (Å²) in [5, 5.41) is 16.4. The van der Waals surface area contributed by atoms with Crippen LogP contribution in [-0.4, -0.2) is 23.4 Å². The first kappa shape index (κ1) is 15.4. The van der Waals surface area contributed by atoms with Gasteiger partial charge in [0.15, 0.2) is 0 Å². The molecule has 0 atom stereocenters. The Morgan fingerprint density at radius 1 is 1.47 bits per heavy atom. The molecule has 0 unspecified atom stereocenters. The first-order valence-electron chi connectivity index (χ1n) is 5.87. The standard InChI is InChI=1S/C12H16BrN3O3/c1-8(2)15-12(17)5-6-14-11-4-3-9(16(18)19)7-10(11)13/h3-4,7-8,14H,5-6H2,1-2H3,(H,15,17). The van der Waals surface area contributed by atoms with E-state index in [0.29, 0.717) is 17.4 Å². The fourth-order valence-corrected chi connectivity index (χ4v) is 1.97. The average molecular weight is 330 g/mol. The fourth-order valence-electron chi connectivity index (χ4n) is 1.47. The van der Waals surface area contributed by atoms with Gasteiger partial charge in [0.25, 0.3) is 5.69 Å². The largest absolute Gasteiger partial charge is 0.384 e. The smallest absolute Gasteiger partial charge is 0.270 e. The molecular weight excluding hydrogens is 314 g/mol. The lowest BCUT2D eigenvalue weighted by molar-refractivity contribution is -0.384. The Kier molecular flexibility index (Phi) is 5.75. The minimum absolute atomic E-state index is 0.0231. The predicted octanol–water partition coefficient (Wildman–Crippen LogP) is 2.68. The summed E-state index contributed by atoms with van der Waals surface area (Å²) in [5.41, 5.74) is 0.748. The lowest BCUT2D eigenvalue weighted by atomic mass is 10.2. The average Bonchev–Trinajstić information content (AvgIpc) is 2.29. The Morgan fingerprint density at radius 2 is 2.16 bits per heavy atom. The van der Waals surface area contributed by atoms with E-state index < -0.39 is 4.92 Å². The summed E-state index contributed by atoms with van der Waals surface area (Å²) in [4.78, 5) is 21.5. The lowest BCUT2D eigenvalue weighted by Gasteiger charge is -2.10. The van der Waals surface area contributed by atoms with Gasteiger partial charge in [-0.3, -0.25) is 14.9 Å². The maximum Gasteiger partial charge on any atom is 0.270 e. The molecule has 2 N–H and O–H groups in total. The molecule has 1 amide bonds. The summed E-state index contributed by atoms with van der Waals surface area (Å²) in [7, 11) is 0. The number of benzene rings is 1. The van der Waals surface area contributed by atoms with Crippen LogP contribution in [0.3, 0.4) is 0 Å². The maximum atomic E-state index is 11.4. The van der Waals surface area contributed by atoms with E-state index in [1.165, 1.54) is 12.1 Å². The summed E-state index contributed by atoms with van der Waals surface area (Å²) in [6.45, 7) is 4.27. The number of non-ortho nitro benzene ring substituents is 1. The Balaban J connectivity index is 2.50. The molecule has 0 fully saturated rings. The molecule has 104 valence electrons. The third-order valence-electron chi connectivity index (χ3n) is 2.28. The predicted molar refractivity (Wildman–Crippen MR) is 77.2 cm³/mol. The molecule has 0 aliphatic carbocycles. The van der Waals surface area contributed by atoms with Crippen molar-refractivity contribution in [1.82, 2.24) is 5.32 Å². The molecule has 0 aliphatic heterocycles. The van der Waals surface area contributed by atoms with Gasteiger partial charge in [-0.25, -0.2) is 0 Å². The number of carbonyl (C=O) groups is 1. The van der Waals surface area contributed by atoms with Crippen molar-refractivity contribution in [3.05, 3.63) is 32.8 Å². The van der Waals surface area contributed by atoms with Crippen molar-refractivity contribution in [3.8, 4) is 0 Å². The Hall–Kier alpha value is -1.63. The summed E-state index contributed by atoms with van der Waals surface area (Å²) in [5.74, 6) is -0.0273. The van der Waals surface area contributed by atoms with Crippen LogP contribution in [0.25, 0.3) is 0 Å². The van der Waals surface area contributed by atoms with Crippen LogP contribution in [0.2, 0.25) is 0 Å². The van der Waals surface area contributed by atoms with Gasteiger partial charge in [0.05, 0.1) is 4.92 Å². The number of nitro benzene ring substituents is 1. The minimum atomic E-state index is -0.454. The zero-order valence-corrected chi connectivity index (χ0v) is 12.4. The zero-order valence-electron chi connectivity index (χ0n) is 10.8. The van der Waals surface area contributed by atoms with Gasteiger partial charge in [-0.2, -0.15) is 0 Å².